The summed E-state index contributed by atoms with van der Waals surface area (Å²) in [5.74, 6) is -5.86. The molecule has 0 saturated carbocycles. The van der Waals surface area contributed by atoms with E-state index in [1.807, 2.05) is 0 Å². The summed E-state index contributed by atoms with van der Waals surface area (Å²) in [4.78, 5) is 42.5. The smallest absolute Gasteiger partial charge is 0.408 e. The van der Waals surface area contributed by atoms with E-state index in [9.17, 15) is 19.2 Å². The lowest BCUT2D eigenvalue weighted by atomic mass is 9.94. The topological polar surface area (TPSA) is 152 Å². The monoisotopic (exact) mass is 235 g/mol. The normalized spacial score (nSPS) is 10.6. The Morgan fingerprint density at radius 3 is 1.56 bits per heavy atom. The second-order valence-corrected chi connectivity index (χ2v) is 2.88. The molecule has 0 spiro atoms. The Balaban J connectivity index is 5.61. The summed E-state index contributed by atoms with van der Waals surface area (Å²) in [6.45, 7) is 0. The number of carbonyl (C=O) groups is 4. The van der Waals surface area contributed by atoms with Crippen LogP contribution in [0.3, 0.4) is 0 Å². The van der Waals surface area contributed by atoms with E-state index in [0.29, 0.717) is 7.05 Å². The Bertz CT molecular complexity index is 334. The van der Waals surface area contributed by atoms with Crippen LogP contribution in [0.25, 0.3) is 0 Å². The largest absolute Gasteiger partial charge is 0.481 e. The molecule has 0 aromatic rings. The first kappa shape index (κ1) is 13.7. The molecule has 0 rings (SSSR count). The van der Waals surface area contributed by atoms with Crippen LogP contribution in [-0.2, 0) is 14.4 Å². The maximum Gasteiger partial charge on any atom is 0.408 e. The highest BCUT2D eigenvalue weighted by Crippen LogP contribution is 2.20. The SMILES string of the molecule is CN(C(=O)O)C(CC(=O)O)(C(=O)O)C(=O)O. The number of hydrogen-bond donors (Lipinski definition) is 4. The molecular formula is C7H9NO8. The zero-order valence-corrected chi connectivity index (χ0v) is 8.08. The summed E-state index contributed by atoms with van der Waals surface area (Å²) in [5, 5.41) is 34.4. The Kier molecular flexibility index (Phi) is 3.82. The molecule has 0 bridgehead atoms. The number of rotatable bonds is 5. The summed E-state index contributed by atoms with van der Waals surface area (Å²) in [6.07, 6.45) is -3.23. The molecule has 0 aliphatic rings. The van der Waals surface area contributed by atoms with Gasteiger partial charge in [0.05, 0.1) is 6.42 Å². The molecule has 1 amide bonds. The summed E-state index contributed by atoms with van der Waals surface area (Å²) in [5.41, 5.74) is -3.03. The molecule has 0 aliphatic carbocycles. The average Bonchev–Trinajstić information content (AvgIpc) is 2.11. The Labute approximate surface area is 88.5 Å². The van der Waals surface area contributed by atoms with Crippen molar-refractivity contribution < 1.29 is 39.6 Å². The summed E-state index contributed by atoms with van der Waals surface area (Å²) in [6, 6.07) is 0. The van der Waals surface area contributed by atoms with Gasteiger partial charge in [0.25, 0.3) is 5.54 Å². The van der Waals surface area contributed by atoms with Gasteiger partial charge in [0.1, 0.15) is 0 Å². The standard InChI is InChI=1S/C7H9NO8/c1-8(6(15)16)7(4(11)12,5(13)14)2-3(9)10/h2H2,1H3,(H,9,10)(H,11,12)(H,13,14)(H,15,16). The number of carboxylic acids is 3. The van der Waals surface area contributed by atoms with Crippen molar-refractivity contribution in [3.05, 3.63) is 0 Å². The van der Waals surface area contributed by atoms with Gasteiger partial charge in [-0.25, -0.2) is 14.4 Å². The minimum atomic E-state index is -3.03. The van der Waals surface area contributed by atoms with E-state index in [0.717, 1.165) is 0 Å². The van der Waals surface area contributed by atoms with E-state index < -0.39 is 36.0 Å². The summed E-state index contributed by atoms with van der Waals surface area (Å²) < 4.78 is 0. The first-order valence-corrected chi connectivity index (χ1v) is 3.81. The van der Waals surface area contributed by atoms with Crippen LogP contribution < -0.4 is 0 Å². The molecule has 0 heterocycles. The fourth-order valence-electron chi connectivity index (χ4n) is 1.03. The van der Waals surface area contributed by atoms with Gasteiger partial charge in [-0.05, 0) is 0 Å². The molecule has 0 saturated heterocycles. The van der Waals surface area contributed by atoms with Crippen LogP contribution in [0.15, 0.2) is 0 Å². The highest BCUT2D eigenvalue weighted by atomic mass is 16.4. The Morgan fingerprint density at radius 2 is 1.38 bits per heavy atom. The van der Waals surface area contributed by atoms with Gasteiger partial charge in [-0.2, -0.15) is 0 Å². The van der Waals surface area contributed by atoms with Gasteiger partial charge < -0.3 is 20.4 Å². The van der Waals surface area contributed by atoms with Crippen LogP contribution in [0.1, 0.15) is 6.42 Å². The first-order chi connectivity index (χ1) is 7.16. The summed E-state index contributed by atoms with van der Waals surface area (Å²) >= 11 is 0. The van der Waals surface area contributed by atoms with E-state index in [4.69, 9.17) is 20.4 Å². The zero-order valence-electron chi connectivity index (χ0n) is 8.08. The van der Waals surface area contributed by atoms with Crippen molar-refractivity contribution in [2.45, 2.75) is 12.0 Å². The fraction of sp³-hybridized carbons (Fsp3) is 0.429. The number of nitrogens with zero attached hydrogens (tertiary/aromatic N) is 1. The van der Waals surface area contributed by atoms with E-state index in [1.54, 1.807) is 0 Å². The molecule has 0 aliphatic heterocycles. The number of likely N-dealkylation sites (N-methyl/N-ethyl adjacent to an activating group) is 1. The molecule has 0 fully saturated rings. The van der Waals surface area contributed by atoms with Crippen LogP contribution in [0.4, 0.5) is 4.79 Å². The third-order valence-corrected chi connectivity index (χ3v) is 1.97. The van der Waals surface area contributed by atoms with Crippen molar-refractivity contribution >= 4 is 24.0 Å². The van der Waals surface area contributed by atoms with Crippen molar-refractivity contribution in [2.24, 2.45) is 0 Å². The van der Waals surface area contributed by atoms with E-state index >= 15 is 0 Å². The second kappa shape index (κ2) is 4.47. The molecule has 0 aromatic carbocycles. The fourth-order valence-corrected chi connectivity index (χ4v) is 1.03. The van der Waals surface area contributed by atoms with Crippen LogP contribution >= 0.6 is 0 Å². The molecule has 0 unspecified atom stereocenters. The van der Waals surface area contributed by atoms with E-state index in [2.05, 4.69) is 0 Å². The summed E-state index contributed by atoms with van der Waals surface area (Å²) in [7, 11) is 0.674. The van der Waals surface area contributed by atoms with Gasteiger partial charge in [0.2, 0.25) is 0 Å². The molecule has 4 N–H and O–H groups in total. The van der Waals surface area contributed by atoms with Crippen molar-refractivity contribution in [3.63, 3.8) is 0 Å². The highest BCUT2D eigenvalue weighted by molar-refractivity contribution is 6.08. The third-order valence-electron chi connectivity index (χ3n) is 1.97. The van der Waals surface area contributed by atoms with E-state index in [1.165, 1.54) is 0 Å². The molecule has 16 heavy (non-hydrogen) atoms. The maximum atomic E-state index is 10.8. The Hall–Kier alpha value is -2.32. The number of hydrogen-bond acceptors (Lipinski definition) is 4. The number of aliphatic carboxylic acids is 3. The van der Waals surface area contributed by atoms with Crippen molar-refractivity contribution in [1.29, 1.82) is 0 Å². The molecule has 9 nitrogen and oxygen atoms in total. The lowest BCUT2D eigenvalue weighted by Gasteiger charge is -2.30. The lowest BCUT2D eigenvalue weighted by Crippen LogP contribution is -2.61. The van der Waals surface area contributed by atoms with Crippen molar-refractivity contribution in [3.8, 4) is 0 Å². The highest BCUT2D eigenvalue weighted by Gasteiger charge is 2.54. The Morgan fingerprint density at radius 1 is 1.00 bits per heavy atom. The minimum Gasteiger partial charge on any atom is -0.481 e. The predicted molar refractivity (Wildman–Crippen MR) is 46.0 cm³/mol. The molecule has 0 aromatic heterocycles. The van der Waals surface area contributed by atoms with Gasteiger partial charge >= 0.3 is 24.0 Å². The van der Waals surface area contributed by atoms with Crippen LogP contribution in [0.5, 0.6) is 0 Å². The lowest BCUT2D eigenvalue weighted by molar-refractivity contribution is -0.170. The van der Waals surface area contributed by atoms with Gasteiger partial charge in [-0.3, -0.25) is 9.69 Å². The maximum absolute atomic E-state index is 10.8. The van der Waals surface area contributed by atoms with Gasteiger partial charge in [-0.15, -0.1) is 0 Å². The van der Waals surface area contributed by atoms with Crippen LogP contribution in [0.2, 0.25) is 0 Å². The van der Waals surface area contributed by atoms with Crippen molar-refractivity contribution in [2.75, 3.05) is 7.05 Å². The van der Waals surface area contributed by atoms with Gasteiger partial charge in [0, 0.05) is 7.05 Å². The first-order valence-electron chi connectivity index (χ1n) is 3.81. The zero-order chi connectivity index (χ0) is 13.1. The third kappa shape index (κ3) is 2.19. The molecule has 90 valence electrons. The van der Waals surface area contributed by atoms with E-state index in [-0.39, 0.29) is 4.90 Å². The van der Waals surface area contributed by atoms with Crippen LogP contribution in [0, 0.1) is 0 Å². The van der Waals surface area contributed by atoms with Crippen molar-refractivity contribution in [1.82, 2.24) is 4.90 Å². The number of amides is 1. The molecular weight excluding hydrogens is 226 g/mol. The van der Waals surface area contributed by atoms with Gasteiger partial charge in [0.15, 0.2) is 0 Å². The molecule has 9 heteroatoms. The molecule has 0 radical (unpaired) electrons. The number of carboxylic acid groups (broad SMARTS) is 4. The van der Waals surface area contributed by atoms with Gasteiger partial charge in [-0.1, -0.05) is 0 Å². The molecule has 0 atom stereocenters. The predicted octanol–water partition coefficient (Wildman–Crippen LogP) is -1.02. The van der Waals surface area contributed by atoms with Crippen LogP contribution in [-0.4, -0.2) is 61.9 Å². The average molecular weight is 235 g/mol. The second-order valence-electron chi connectivity index (χ2n) is 2.88. The quantitative estimate of drug-likeness (QED) is 0.441. The minimum absolute atomic E-state index is 0.0637.